The Bertz CT molecular complexity index is 564. The molecule has 0 radical (unpaired) electrons. The molecule has 1 aromatic carbocycles. The van der Waals surface area contributed by atoms with Gasteiger partial charge in [-0.3, -0.25) is 4.79 Å². The lowest BCUT2D eigenvalue weighted by molar-refractivity contribution is 0.0753. The van der Waals surface area contributed by atoms with Crippen LogP contribution >= 0.6 is 11.3 Å². The SMILES string of the molecule is CCN(Cc1cccs1)C(=O)c1cc(N)ccc1C. The van der Waals surface area contributed by atoms with E-state index in [1.165, 1.54) is 4.88 Å². The van der Waals surface area contributed by atoms with Crippen molar-refractivity contribution in [3.63, 3.8) is 0 Å². The van der Waals surface area contributed by atoms with Gasteiger partial charge in [0.25, 0.3) is 5.91 Å². The molecule has 0 atom stereocenters. The van der Waals surface area contributed by atoms with E-state index in [4.69, 9.17) is 5.73 Å². The molecule has 3 nitrogen and oxygen atoms in total. The van der Waals surface area contributed by atoms with Crippen LogP contribution < -0.4 is 5.73 Å². The molecule has 1 amide bonds. The van der Waals surface area contributed by atoms with Gasteiger partial charge in [0.2, 0.25) is 0 Å². The first kappa shape index (κ1) is 13.6. The summed E-state index contributed by atoms with van der Waals surface area (Å²) in [6, 6.07) is 9.52. The quantitative estimate of drug-likeness (QED) is 0.869. The van der Waals surface area contributed by atoms with Crippen LogP contribution in [0, 0.1) is 6.92 Å². The molecule has 0 unspecified atom stereocenters. The Morgan fingerprint density at radius 2 is 2.16 bits per heavy atom. The smallest absolute Gasteiger partial charge is 0.254 e. The predicted octanol–water partition coefficient (Wildman–Crippen LogP) is 3.30. The maximum Gasteiger partial charge on any atom is 0.254 e. The minimum Gasteiger partial charge on any atom is -0.399 e. The van der Waals surface area contributed by atoms with Crippen molar-refractivity contribution in [3.8, 4) is 0 Å². The van der Waals surface area contributed by atoms with E-state index < -0.39 is 0 Å². The molecule has 19 heavy (non-hydrogen) atoms. The van der Waals surface area contributed by atoms with Crippen molar-refractivity contribution in [3.05, 3.63) is 51.7 Å². The topological polar surface area (TPSA) is 46.3 Å². The largest absolute Gasteiger partial charge is 0.399 e. The van der Waals surface area contributed by atoms with E-state index in [0.29, 0.717) is 24.3 Å². The Kier molecular flexibility index (Phi) is 4.22. The number of amides is 1. The van der Waals surface area contributed by atoms with E-state index in [-0.39, 0.29) is 5.91 Å². The molecule has 2 N–H and O–H groups in total. The van der Waals surface area contributed by atoms with Gasteiger partial charge >= 0.3 is 0 Å². The molecule has 0 aliphatic heterocycles. The maximum absolute atomic E-state index is 12.6. The van der Waals surface area contributed by atoms with Crippen LogP contribution in [-0.2, 0) is 6.54 Å². The number of benzene rings is 1. The summed E-state index contributed by atoms with van der Waals surface area (Å²) in [5, 5.41) is 2.03. The minimum absolute atomic E-state index is 0.0423. The van der Waals surface area contributed by atoms with Crippen LogP contribution in [0.5, 0.6) is 0 Å². The molecular weight excluding hydrogens is 256 g/mol. The maximum atomic E-state index is 12.6. The van der Waals surface area contributed by atoms with Gasteiger partial charge in [-0.05, 0) is 43.0 Å². The van der Waals surface area contributed by atoms with Gasteiger partial charge < -0.3 is 10.6 Å². The average Bonchev–Trinajstić information content (AvgIpc) is 2.91. The molecule has 0 spiro atoms. The lowest BCUT2D eigenvalue weighted by Crippen LogP contribution is -2.30. The van der Waals surface area contributed by atoms with Gasteiger partial charge in [0, 0.05) is 22.7 Å². The van der Waals surface area contributed by atoms with Crippen molar-refractivity contribution in [2.45, 2.75) is 20.4 Å². The third kappa shape index (κ3) is 3.15. The zero-order valence-electron chi connectivity index (χ0n) is 11.2. The third-order valence-corrected chi connectivity index (χ3v) is 3.95. The Morgan fingerprint density at radius 1 is 1.37 bits per heavy atom. The molecule has 0 aliphatic rings. The number of thiophene rings is 1. The van der Waals surface area contributed by atoms with Gasteiger partial charge in [-0.25, -0.2) is 0 Å². The highest BCUT2D eigenvalue weighted by atomic mass is 32.1. The van der Waals surface area contributed by atoms with E-state index in [2.05, 4.69) is 0 Å². The second-order valence-corrected chi connectivity index (χ2v) is 5.51. The van der Waals surface area contributed by atoms with Crippen LogP contribution in [-0.4, -0.2) is 17.4 Å². The number of hydrogen-bond donors (Lipinski definition) is 1. The van der Waals surface area contributed by atoms with Crippen LogP contribution in [0.2, 0.25) is 0 Å². The van der Waals surface area contributed by atoms with Crippen molar-refractivity contribution < 1.29 is 4.79 Å². The van der Waals surface area contributed by atoms with Crippen LogP contribution in [0.1, 0.15) is 27.7 Å². The monoisotopic (exact) mass is 274 g/mol. The second-order valence-electron chi connectivity index (χ2n) is 4.47. The zero-order valence-corrected chi connectivity index (χ0v) is 12.0. The van der Waals surface area contributed by atoms with Gasteiger partial charge in [-0.1, -0.05) is 12.1 Å². The minimum atomic E-state index is 0.0423. The Labute approximate surface area is 117 Å². The standard InChI is InChI=1S/C15H18N2OS/c1-3-17(10-13-5-4-8-19-13)15(18)14-9-12(16)7-6-11(14)2/h4-9H,3,10,16H2,1-2H3. The molecule has 100 valence electrons. The lowest BCUT2D eigenvalue weighted by atomic mass is 10.1. The lowest BCUT2D eigenvalue weighted by Gasteiger charge is -2.21. The summed E-state index contributed by atoms with van der Waals surface area (Å²) in [5.41, 5.74) is 8.06. The number of hydrogen-bond acceptors (Lipinski definition) is 3. The van der Waals surface area contributed by atoms with Gasteiger partial charge in [-0.15, -0.1) is 11.3 Å². The number of carbonyl (C=O) groups is 1. The Morgan fingerprint density at radius 3 is 2.79 bits per heavy atom. The van der Waals surface area contributed by atoms with E-state index in [1.54, 1.807) is 17.4 Å². The number of carbonyl (C=O) groups excluding carboxylic acids is 1. The third-order valence-electron chi connectivity index (χ3n) is 3.09. The van der Waals surface area contributed by atoms with Crippen LogP contribution in [0.25, 0.3) is 0 Å². The van der Waals surface area contributed by atoms with Crippen LogP contribution in [0.3, 0.4) is 0 Å². The molecule has 2 rings (SSSR count). The number of rotatable bonds is 4. The first-order chi connectivity index (χ1) is 9.11. The molecule has 1 heterocycles. The molecule has 0 saturated carbocycles. The summed E-state index contributed by atoms with van der Waals surface area (Å²) >= 11 is 1.67. The highest BCUT2D eigenvalue weighted by Gasteiger charge is 2.17. The molecule has 0 saturated heterocycles. The summed E-state index contributed by atoms with van der Waals surface area (Å²) in [4.78, 5) is 15.6. The summed E-state index contributed by atoms with van der Waals surface area (Å²) in [7, 11) is 0. The predicted molar refractivity (Wildman–Crippen MR) is 80.3 cm³/mol. The first-order valence-electron chi connectivity index (χ1n) is 6.29. The molecule has 1 aromatic heterocycles. The molecular formula is C15H18N2OS. The molecule has 0 fully saturated rings. The molecule has 4 heteroatoms. The number of nitrogen functional groups attached to an aromatic ring is 1. The second kappa shape index (κ2) is 5.89. The van der Waals surface area contributed by atoms with Gasteiger partial charge in [0.15, 0.2) is 0 Å². The summed E-state index contributed by atoms with van der Waals surface area (Å²) in [5.74, 6) is 0.0423. The normalized spacial score (nSPS) is 10.4. The van der Waals surface area contributed by atoms with Crippen molar-refractivity contribution in [2.75, 3.05) is 12.3 Å². The van der Waals surface area contributed by atoms with E-state index >= 15 is 0 Å². The summed E-state index contributed by atoms with van der Waals surface area (Å²) in [6.45, 7) is 5.27. The summed E-state index contributed by atoms with van der Waals surface area (Å²) in [6.07, 6.45) is 0. The van der Waals surface area contributed by atoms with Crippen LogP contribution in [0.4, 0.5) is 5.69 Å². The highest BCUT2D eigenvalue weighted by Crippen LogP contribution is 2.18. The highest BCUT2D eigenvalue weighted by molar-refractivity contribution is 7.09. The van der Waals surface area contributed by atoms with Gasteiger partial charge in [-0.2, -0.15) is 0 Å². The van der Waals surface area contributed by atoms with E-state index in [1.807, 2.05) is 48.4 Å². The number of nitrogens with zero attached hydrogens (tertiary/aromatic N) is 1. The fourth-order valence-corrected chi connectivity index (χ4v) is 2.68. The molecule has 2 aromatic rings. The number of nitrogens with two attached hydrogens (primary N) is 1. The number of anilines is 1. The van der Waals surface area contributed by atoms with E-state index in [0.717, 1.165) is 5.56 Å². The molecule has 0 aliphatic carbocycles. The number of aryl methyl sites for hydroxylation is 1. The zero-order chi connectivity index (χ0) is 13.8. The fraction of sp³-hybridized carbons (Fsp3) is 0.267. The molecule has 0 bridgehead atoms. The van der Waals surface area contributed by atoms with Crippen molar-refractivity contribution in [1.82, 2.24) is 4.90 Å². The van der Waals surface area contributed by atoms with E-state index in [9.17, 15) is 4.79 Å². The van der Waals surface area contributed by atoms with Gasteiger partial charge in [0.05, 0.1) is 6.54 Å². The van der Waals surface area contributed by atoms with Crippen molar-refractivity contribution in [1.29, 1.82) is 0 Å². The fourth-order valence-electron chi connectivity index (χ4n) is 1.96. The Hall–Kier alpha value is -1.81. The summed E-state index contributed by atoms with van der Waals surface area (Å²) < 4.78 is 0. The van der Waals surface area contributed by atoms with Crippen LogP contribution in [0.15, 0.2) is 35.7 Å². The van der Waals surface area contributed by atoms with Gasteiger partial charge in [0.1, 0.15) is 0 Å². The first-order valence-corrected chi connectivity index (χ1v) is 7.17. The van der Waals surface area contributed by atoms with Crippen molar-refractivity contribution >= 4 is 22.9 Å². The Balaban J connectivity index is 2.23. The average molecular weight is 274 g/mol. The van der Waals surface area contributed by atoms with Crippen molar-refractivity contribution in [2.24, 2.45) is 0 Å².